The summed E-state index contributed by atoms with van der Waals surface area (Å²) >= 11 is 0. The Morgan fingerprint density at radius 1 is 0.643 bits per heavy atom. The molecule has 0 saturated heterocycles. The molecule has 0 heterocycles. The quantitative estimate of drug-likeness (QED) is 0.240. The first-order chi connectivity index (χ1) is 13.7. The Kier molecular flexibility index (Phi) is 13.7. The maximum atomic E-state index is 9.43. The first-order valence-electron chi connectivity index (χ1n) is 12.5. The van der Waals surface area contributed by atoms with Crippen LogP contribution in [0.2, 0.25) is 0 Å². The summed E-state index contributed by atoms with van der Waals surface area (Å²) in [7, 11) is 0. The largest absolute Gasteiger partial charge is 0.396 e. The minimum Gasteiger partial charge on any atom is -0.396 e. The van der Waals surface area contributed by atoms with Crippen LogP contribution in [0.15, 0.2) is 0 Å². The molecule has 1 fully saturated rings. The highest BCUT2D eigenvalue weighted by molar-refractivity contribution is 5.06. The van der Waals surface area contributed by atoms with Gasteiger partial charge in [0.2, 0.25) is 0 Å². The highest BCUT2D eigenvalue weighted by Gasteiger charge is 2.56. The van der Waals surface area contributed by atoms with E-state index in [-0.39, 0.29) is 0 Å². The van der Waals surface area contributed by atoms with Gasteiger partial charge in [-0.25, -0.2) is 0 Å². The van der Waals surface area contributed by atoms with E-state index in [1.165, 1.54) is 70.6 Å². The summed E-state index contributed by atoms with van der Waals surface area (Å²) in [5.74, 6) is 0.820. The lowest BCUT2D eigenvalue weighted by Gasteiger charge is -2.51. The van der Waals surface area contributed by atoms with Gasteiger partial charge in [-0.05, 0) is 81.0 Å². The summed E-state index contributed by atoms with van der Waals surface area (Å²) in [6.07, 6.45) is 20.5. The van der Waals surface area contributed by atoms with Gasteiger partial charge in [-0.15, -0.1) is 0 Å². The van der Waals surface area contributed by atoms with E-state index >= 15 is 0 Å². The van der Waals surface area contributed by atoms with Gasteiger partial charge in [0.05, 0.1) is 0 Å². The highest BCUT2D eigenvalue weighted by atomic mass is 16.3. The fraction of sp³-hybridized carbons (Fsp3) is 1.00. The van der Waals surface area contributed by atoms with Crippen molar-refractivity contribution in [2.24, 2.45) is 16.7 Å². The molecule has 1 saturated carbocycles. The molecule has 1 aliphatic carbocycles. The molecule has 1 rings (SSSR count). The summed E-state index contributed by atoms with van der Waals surface area (Å²) < 4.78 is 0. The molecule has 0 amide bonds. The molecule has 0 aromatic heterocycles. The second-order valence-electron chi connectivity index (χ2n) is 9.46. The third-order valence-electron chi connectivity index (χ3n) is 7.85. The summed E-state index contributed by atoms with van der Waals surface area (Å²) in [5.41, 5.74) is 0.776. The molecule has 3 heteroatoms. The van der Waals surface area contributed by atoms with Gasteiger partial charge in [0.15, 0.2) is 0 Å². The SMILES string of the molecule is CCCCC1CCC(CCCCO)(CCCCO)C1(CCCC)CCCCO. The lowest BCUT2D eigenvalue weighted by atomic mass is 9.54. The molecule has 0 spiro atoms. The van der Waals surface area contributed by atoms with Crippen molar-refractivity contribution in [1.82, 2.24) is 0 Å². The van der Waals surface area contributed by atoms with Crippen molar-refractivity contribution in [3.05, 3.63) is 0 Å². The standard InChI is InChI=1S/C25H50O3/c1-3-5-13-23-14-19-24(15-7-10-20-26,16-8-11-21-27)25(23,17-6-4-2)18-9-12-22-28/h23,26-28H,3-22H2,1-2H3. The predicted molar refractivity (Wildman–Crippen MR) is 119 cm³/mol. The van der Waals surface area contributed by atoms with Crippen LogP contribution in [0.3, 0.4) is 0 Å². The molecule has 2 unspecified atom stereocenters. The number of unbranched alkanes of at least 4 members (excludes halogenated alkanes) is 5. The van der Waals surface area contributed by atoms with Crippen LogP contribution in [0, 0.1) is 16.7 Å². The molecule has 0 aliphatic heterocycles. The van der Waals surface area contributed by atoms with Crippen LogP contribution in [-0.4, -0.2) is 35.1 Å². The number of hydrogen-bond donors (Lipinski definition) is 3. The summed E-state index contributed by atoms with van der Waals surface area (Å²) in [5, 5.41) is 28.2. The van der Waals surface area contributed by atoms with Gasteiger partial charge < -0.3 is 15.3 Å². The van der Waals surface area contributed by atoms with Gasteiger partial charge in [0, 0.05) is 19.8 Å². The maximum Gasteiger partial charge on any atom is 0.0431 e. The van der Waals surface area contributed by atoms with E-state index in [4.69, 9.17) is 0 Å². The second kappa shape index (κ2) is 14.8. The Balaban J connectivity index is 3.19. The van der Waals surface area contributed by atoms with Gasteiger partial charge in [0.25, 0.3) is 0 Å². The van der Waals surface area contributed by atoms with E-state index in [9.17, 15) is 15.3 Å². The molecule has 2 atom stereocenters. The van der Waals surface area contributed by atoms with Crippen molar-refractivity contribution >= 4 is 0 Å². The lowest BCUT2D eigenvalue weighted by Crippen LogP contribution is -2.42. The molecule has 1 aliphatic rings. The zero-order valence-electron chi connectivity index (χ0n) is 19.1. The molecule has 0 bridgehead atoms. The van der Waals surface area contributed by atoms with Crippen molar-refractivity contribution in [3.8, 4) is 0 Å². The van der Waals surface area contributed by atoms with Crippen LogP contribution in [0.25, 0.3) is 0 Å². The third-order valence-corrected chi connectivity index (χ3v) is 7.85. The summed E-state index contributed by atoms with van der Waals surface area (Å²) in [6.45, 7) is 5.54. The minimum absolute atomic E-state index is 0.304. The molecule has 0 aromatic carbocycles. The van der Waals surface area contributed by atoms with Crippen molar-refractivity contribution < 1.29 is 15.3 Å². The van der Waals surface area contributed by atoms with E-state index in [0.717, 1.165) is 44.4 Å². The average molecular weight is 399 g/mol. The van der Waals surface area contributed by atoms with E-state index in [0.29, 0.717) is 30.7 Å². The van der Waals surface area contributed by atoms with Crippen LogP contribution in [0.4, 0.5) is 0 Å². The Morgan fingerprint density at radius 3 is 1.64 bits per heavy atom. The van der Waals surface area contributed by atoms with Crippen molar-refractivity contribution in [2.75, 3.05) is 19.8 Å². The van der Waals surface area contributed by atoms with Crippen molar-refractivity contribution in [2.45, 2.75) is 123 Å². The zero-order chi connectivity index (χ0) is 20.7. The Bertz CT molecular complexity index is 361. The zero-order valence-corrected chi connectivity index (χ0v) is 19.1. The molecule has 3 N–H and O–H groups in total. The van der Waals surface area contributed by atoms with Crippen LogP contribution < -0.4 is 0 Å². The van der Waals surface area contributed by atoms with Gasteiger partial charge in [-0.2, -0.15) is 0 Å². The predicted octanol–water partition coefficient (Wildman–Crippen LogP) is 6.24. The summed E-state index contributed by atoms with van der Waals surface area (Å²) in [4.78, 5) is 0. The van der Waals surface area contributed by atoms with Crippen molar-refractivity contribution in [3.63, 3.8) is 0 Å². The molecule has 0 aromatic rings. The molecule has 0 radical (unpaired) electrons. The minimum atomic E-state index is 0.304. The Hall–Kier alpha value is -0.120. The molecular formula is C25H50O3. The first-order valence-corrected chi connectivity index (χ1v) is 12.5. The van der Waals surface area contributed by atoms with Gasteiger partial charge in [-0.1, -0.05) is 58.8 Å². The first kappa shape index (κ1) is 25.9. The summed E-state index contributed by atoms with van der Waals surface area (Å²) in [6, 6.07) is 0. The molecule has 168 valence electrons. The Morgan fingerprint density at radius 2 is 1.14 bits per heavy atom. The third kappa shape index (κ3) is 6.99. The van der Waals surface area contributed by atoms with Crippen LogP contribution >= 0.6 is 0 Å². The molecular weight excluding hydrogens is 348 g/mol. The van der Waals surface area contributed by atoms with E-state index in [2.05, 4.69) is 13.8 Å². The fourth-order valence-electron chi connectivity index (χ4n) is 6.41. The molecule has 3 nitrogen and oxygen atoms in total. The van der Waals surface area contributed by atoms with Crippen molar-refractivity contribution in [1.29, 1.82) is 0 Å². The normalized spacial score (nSPS) is 24.1. The number of aliphatic hydroxyl groups excluding tert-OH is 3. The van der Waals surface area contributed by atoms with Gasteiger partial charge >= 0.3 is 0 Å². The maximum absolute atomic E-state index is 9.43. The van der Waals surface area contributed by atoms with Gasteiger partial charge in [-0.3, -0.25) is 0 Å². The smallest absolute Gasteiger partial charge is 0.0431 e. The number of aliphatic hydroxyl groups is 3. The van der Waals surface area contributed by atoms with E-state index in [1.54, 1.807) is 0 Å². The van der Waals surface area contributed by atoms with Crippen LogP contribution in [0.5, 0.6) is 0 Å². The van der Waals surface area contributed by atoms with E-state index < -0.39 is 0 Å². The molecule has 28 heavy (non-hydrogen) atoms. The van der Waals surface area contributed by atoms with Crippen LogP contribution in [0.1, 0.15) is 123 Å². The Labute approximate surface area is 175 Å². The average Bonchev–Trinajstić information content (AvgIpc) is 2.99. The lowest BCUT2D eigenvalue weighted by molar-refractivity contribution is -0.0164. The van der Waals surface area contributed by atoms with E-state index in [1.807, 2.05) is 0 Å². The number of rotatable bonds is 18. The van der Waals surface area contributed by atoms with Crippen LogP contribution in [-0.2, 0) is 0 Å². The fourth-order valence-corrected chi connectivity index (χ4v) is 6.41. The second-order valence-corrected chi connectivity index (χ2v) is 9.46. The number of hydrogen-bond acceptors (Lipinski definition) is 3. The van der Waals surface area contributed by atoms with Gasteiger partial charge in [0.1, 0.15) is 0 Å². The highest BCUT2D eigenvalue weighted by Crippen LogP contribution is 2.66. The monoisotopic (exact) mass is 398 g/mol. The topological polar surface area (TPSA) is 60.7 Å².